The lowest BCUT2D eigenvalue weighted by Gasteiger charge is -2.24. The SMILES string of the molecule is Cc1ccc(-c2ccc(C(=O)NCc3nncn3C3CCCCC3)cc2)o1. The van der Waals surface area contributed by atoms with Crippen molar-refractivity contribution in [1.29, 1.82) is 0 Å². The van der Waals surface area contributed by atoms with Crippen LogP contribution < -0.4 is 5.32 Å². The third kappa shape index (κ3) is 3.94. The molecule has 0 radical (unpaired) electrons. The molecule has 2 heterocycles. The van der Waals surface area contributed by atoms with Crippen molar-refractivity contribution in [2.45, 2.75) is 51.6 Å². The summed E-state index contributed by atoms with van der Waals surface area (Å²) in [7, 11) is 0. The van der Waals surface area contributed by atoms with Crippen LogP contribution in [0.15, 0.2) is 47.1 Å². The van der Waals surface area contributed by atoms with Crippen molar-refractivity contribution >= 4 is 5.91 Å². The van der Waals surface area contributed by atoms with Gasteiger partial charge in [-0.2, -0.15) is 0 Å². The summed E-state index contributed by atoms with van der Waals surface area (Å²) in [5.41, 5.74) is 1.57. The van der Waals surface area contributed by atoms with E-state index >= 15 is 0 Å². The Labute approximate surface area is 158 Å². The number of carbonyl (C=O) groups excluding carboxylic acids is 1. The van der Waals surface area contributed by atoms with E-state index in [2.05, 4.69) is 20.1 Å². The van der Waals surface area contributed by atoms with E-state index in [1.54, 1.807) is 6.33 Å². The van der Waals surface area contributed by atoms with E-state index in [4.69, 9.17) is 4.42 Å². The second-order valence-electron chi connectivity index (χ2n) is 7.12. The maximum atomic E-state index is 12.5. The van der Waals surface area contributed by atoms with Gasteiger partial charge in [0.25, 0.3) is 5.91 Å². The molecule has 27 heavy (non-hydrogen) atoms. The molecule has 6 heteroatoms. The fourth-order valence-electron chi connectivity index (χ4n) is 3.69. The highest BCUT2D eigenvalue weighted by atomic mass is 16.3. The average molecular weight is 364 g/mol. The molecule has 1 aliphatic rings. The number of aryl methyl sites for hydroxylation is 1. The zero-order valence-electron chi connectivity index (χ0n) is 15.5. The van der Waals surface area contributed by atoms with E-state index in [1.807, 2.05) is 43.3 Å². The van der Waals surface area contributed by atoms with Crippen molar-refractivity contribution in [3.63, 3.8) is 0 Å². The quantitative estimate of drug-likeness (QED) is 0.733. The van der Waals surface area contributed by atoms with Crippen LogP contribution in [-0.4, -0.2) is 20.7 Å². The third-order valence-electron chi connectivity index (χ3n) is 5.19. The van der Waals surface area contributed by atoms with Gasteiger partial charge in [-0.3, -0.25) is 4.79 Å². The van der Waals surface area contributed by atoms with Crippen LogP contribution in [0.1, 0.15) is 60.1 Å². The van der Waals surface area contributed by atoms with Crippen molar-refractivity contribution in [2.75, 3.05) is 0 Å². The Morgan fingerprint density at radius 2 is 1.93 bits per heavy atom. The van der Waals surface area contributed by atoms with Crippen molar-refractivity contribution in [1.82, 2.24) is 20.1 Å². The molecule has 4 rings (SSSR count). The predicted molar refractivity (Wildman–Crippen MR) is 102 cm³/mol. The van der Waals surface area contributed by atoms with Gasteiger partial charge in [0.2, 0.25) is 0 Å². The van der Waals surface area contributed by atoms with Crippen LogP contribution in [0.25, 0.3) is 11.3 Å². The fraction of sp³-hybridized carbons (Fsp3) is 0.381. The molecule has 0 saturated heterocycles. The van der Waals surface area contributed by atoms with Gasteiger partial charge in [-0.05, 0) is 44.0 Å². The zero-order chi connectivity index (χ0) is 18.6. The molecule has 1 amide bonds. The number of hydrogen-bond acceptors (Lipinski definition) is 4. The van der Waals surface area contributed by atoms with Crippen LogP contribution in [0.2, 0.25) is 0 Å². The first-order valence-corrected chi connectivity index (χ1v) is 9.54. The zero-order valence-corrected chi connectivity index (χ0v) is 15.5. The van der Waals surface area contributed by atoms with Crippen molar-refractivity contribution in [2.24, 2.45) is 0 Å². The first-order chi connectivity index (χ1) is 13.2. The van der Waals surface area contributed by atoms with Gasteiger partial charge in [0, 0.05) is 17.2 Å². The number of hydrogen-bond donors (Lipinski definition) is 1. The first-order valence-electron chi connectivity index (χ1n) is 9.54. The Morgan fingerprint density at radius 1 is 1.15 bits per heavy atom. The highest BCUT2D eigenvalue weighted by Crippen LogP contribution is 2.28. The van der Waals surface area contributed by atoms with Gasteiger partial charge in [0.15, 0.2) is 5.82 Å². The molecule has 1 aromatic carbocycles. The lowest BCUT2D eigenvalue weighted by atomic mass is 9.95. The Bertz CT molecular complexity index is 904. The monoisotopic (exact) mass is 364 g/mol. The van der Waals surface area contributed by atoms with Crippen molar-refractivity contribution in [3.8, 4) is 11.3 Å². The molecule has 1 fully saturated rings. The maximum Gasteiger partial charge on any atom is 0.251 e. The van der Waals surface area contributed by atoms with E-state index in [1.165, 1.54) is 19.3 Å². The summed E-state index contributed by atoms with van der Waals surface area (Å²) in [6, 6.07) is 11.7. The lowest BCUT2D eigenvalue weighted by Crippen LogP contribution is -2.26. The average Bonchev–Trinajstić information content (AvgIpc) is 3.36. The van der Waals surface area contributed by atoms with E-state index < -0.39 is 0 Å². The van der Waals surface area contributed by atoms with E-state index in [0.29, 0.717) is 18.2 Å². The van der Waals surface area contributed by atoms with Crippen LogP contribution in [0.5, 0.6) is 0 Å². The Hall–Kier alpha value is -2.89. The van der Waals surface area contributed by atoms with Gasteiger partial charge in [-0.15, -0.1) is 10.2 Å². The number of aromatic nitrogens is 3. The van der Waals surface area contributed by atoms with E-state index in [-0.39, 0.29) is 5.91 Å². The largest absolute Gasteiger partial charge is 0.461 e. The fourth-order valence-corrected chi connectivity index (χ4v) is 3.69. The second-order valence-corrected chi connectivity index (χ2v) is 7.12. The van der Waals surface area contributed by atoms with Gasteiger partial charge >= 0.3 is 0 Å². The lowest BCUT2D eigenvalue weighted by molar-refractivity contribution is 0.0949. The molecule has 0 bridgehead atoms. The van der Waals surface area contributed by atoms with Gasteiger partial charge in [0.1, 0.15) is 17.8 Å². The van der Waals surface area contributed by atoms with Gasteiger partial charge < -0.3 is 14.3 Å². The van der Waals surface area contributed by atoms with Crippen LogP contribution >= 0.6 is 0 Å². The summed E-state index contributed by atoms with van der Waals surface area (Å²) < 4.78 is 7.75. The topological polar surface area (TPSA) is 73.0 Å². The minimum absolute atomic E-state index is 0.115. The molecule has 2 aromatic heterocycles. The summed E-state index contributed by atoms with van der Waals surface area (Å²) >= 11 is 0. The minimum atomic E-state index is -0.115. The molecule has 0 spiro atoms. The molecule has 3 aromatic rings. The highest BCUT2D eigenvalue weighted by molar-refractivity contribution is 5.94. The first kappa shape index (κ1) is 17.5. The number of nitrogens with zero attached hydrogens (tertiary/aromatic N) is 3. The molecule has 1 aliphatic carbocycles. The number of furan rings is 1. The Kier molecular flexibility index (Phi) is 5.05. The molecule has 1 saturated carbocycles. The molecule has 140 valence electrons. The van der Waals surface area contributed by atoms with Crippen LogP contribution in [-0.2, 0) is 6.54 Å². The van der Waals surface area contributed by atoms with E-state index in [0.717, 1.165) is 35.7 Å². The second kappa shape index (κ2) is 7.78. The molecule has 0 aliphatic heterocycles. The third-order valence-corrected chi connectivity index (χ3v) is 5.19. The highest BCUT2D eigenvalue weighted by Gasteiger charge is 2.19. The predicted octanol–water partition coefficient (Wildman–Crippen LogP) is 4.28. The van der Waals surface area contributed by atoms with Gasteiger partial charge in [-0.25, -0.2) is 0 Å². The smallest absolute Gasteiger partial charge is 0.251 e. The number of benzene rings is 1. The Balaban J connectivity index is 1.39. The standard InChI is InChI=1S/C21H24N4O2/c1-15-7-12-19(27-15)16-8-10-17(11-9-16)21(26)22-13-20-24-23-14-25(20)18-5-3-2-4-6-18/h7-12,14,18H,2-6,13H2,1H3,(H,22,26). The minimum Gasteiger partial charge on any atom is -0.461 e. The van der Waals surface area contributed by atoms with Gasteiger partial charge in [-0.1, -0.05) is 31.4 Å². The summed E-state index contributed by atoms with van der Waals surface area (Å²) in [5.74, 6) is 2.38. The Morgan fingerprint density at radius 3 is 2.63 bits per heavy atom. The van der Waals surface area contributed by atoms with E-state index in [9.17, 15) is 4.79 Å². The van der Waals surface area contributed by atoms with Crippen LogP contribution in [0.3, 0.4) is 0 Å². The molecular weight excluding hydrogens is 340 g/mol. The molecule has 1 N–H and O–H groups in total. The summed E-state index contributed by atoms with van der Waals surface area (Å²) in [5, 5.41) is 11.2. The number of rotatable bonds is 5. The number of carbonyl (C=O) groups is 1. The summed E-state index contributed by atoms with van der Waals surface area (Å²) in [6.07, 6.45) is 7.90. The summed E-state index contributed by atoms with van der Waals surface area (Å²) in [6.45, 7) is 2.30. The number of nitrogens with one attached hydrogen (secondary N) is 1. The van der Waals surface area contributed by atoms with Crippen LogP contribution in [0, 0.1) is 6.92 Å². The van der Waals surface area contributed by atoms with Crippen molar-refractivity contribution in [3.05, 3.63) is 59.9 Å². The molecular formula is C21H24N4O2. The summed E-state index contributed by atoms with van der Waals surface area (Å²) in [4.78, 5) is 12.5. The molecule has 0 atom stereocenters. The molecule has 6 nitrogen and oxygen atoms in total. The van der Waals surface area contributed by atoms with Gasteiger partial charge in [0.05, 0.1) is 6.54 Å². The van der Waals surface area contributed by atoms with Crippen LogP contribution in [0.4, 0.5) is 0 Å². The normalized spacial score (nSPS) is 15.0. The maximum absolute atomic E-state index is 12.5. The number of amides is 1. The molecule has 0 unspecified atom stereocenters. The van der Waals surface area contributed by atoms with Crippen molar-refractivity contribution < 1.29 is 9.21 Å².